The van der Waals surface area contributed by atoms with Crippen LogP contribution in [0.15, 0.2) is 0 Å². The van der Waals surface area contributed by atoms with Gasteiger partial charge in [0.05, 0.1) is 6.10 Å². The van der Waals surface area contributed by atoms with E-state index in [0.29, 0.717) is 18.1 Å². The summed E-state index contributed by atoms with van der Waals surface area (Å²) in [6.07, 6.45) is 0.696. The fraction of sp³-hybridized carbons (Fsp3) is 0.900. The highest BCUT2D eigenvalue weighted by Gasteiger charge is 2.20. The van der Waals surface area contributed by atoms with E-state index in [1.54, 1.807) is 6.92 Å². The lowest BCUT2D eigenvalue weighted by molar-refractivity contribution is -0.131. The van der Waals surface area contributed by atoms with Gasteiger partial charge in [-0.3, -0.25) is 4.79 Å². The zero-order chi connectivity index (χ0) is 10.6. The Morgan fingerprint density at radius 3 is 3.00 bits per heavy atom. The summed E-state index contributed by atoms with van der Waals surface area (Å²) in [5.41, 5.74) is 0. The van der Waals surface area contributed by atoms with Crippen LogP contribution < -0.4 is 0 Å². The summed E-state index contributed by atoms with van der Waals surface area (Å²) in [6, 6.07) is 0. The minimum Gasteiger partial charge on any atom is -0.393 e. The maximum atomic E-state index is 11.7. The van der Waals surface area contributed by atoms with Crippen LogP contribution in [-0.2, 0) is 4.79 Å². The number of hydrogen-bond donors (Lipinski definition) is 1. The third kappa shape index (κ3) is 3.88. The Balaban J connectivity index is 2.29. The van der Waals surface area contributed by atoms with Gasteiger partial charge in [0, 0.05) is 30.5 Å². The second-order valence-electron chi connectivity index (χ2n) is 3.91. The summed E-state index contributed by atoms with van der Waals surface area (Å²) in [4.78, 5) is 13.6. The first kappa shape index (κ1) is 11.9. The number of carbonyl (C=O) groups excluding carboxylic acids is 1. The van der Waals surface area contributed by atoms with Gasteiger partial charge in [-0.05, 0) is 13.3 Å². The quantitative estimate of drug-likeness (QED) is 0.770. The topological polar surface area (TPSA) is 40.5 Å². The molecule has 0 aromatic carbocycles. The summed E-state index contributed by atoms with van der Waals surface area (Å²) in [6.45, 7) is 5.61. The smallest absolute Gasteiger partial charge is 0.222 e. The van der Waals surface area contributed by atoms with Gasteiger partial charge in [-0.1, -0.05) is 6.92 Å². The van der Waals surface area contributed by atoms with Crippen molar-refractivity contribution in [3.05, 3.63) is 0 Å². The van der Waals surface area contributed by atoms with Crippen molar-refractivity contribution in [1.29, 1.82) is 0 Å². The molecule has 1 fully saturated rings. The zero-order valence-corrected chi connectivity index (χ0v) is 9.72. The first-order valence-corrected chi connectivity index (χ1v) is 6.22. The van der Waals surface area contributed by atoms with Gasteiger partial charge in [0.25, 0.3) is 0 Å². The molecular formula is C10H19NO2S. The van der Waals surface area contributed by atoms with Crippen LogP contribution in [0.1, 0.15) is 26.7 Å². The van der Waals surface area contributed by atoms with Crippen molar-refractivity contribution in [2.45, 2.75) is 38.0 Å². The maximum absolute atomic E-state index is 11.7. The van der Waals surface area contributed by atoms with Gasteiger partial charge < -0.3 is 10.0 Å². The Bertz CT molecular complexity index is 197. The van der Waals surface area contributed by atoms with Gasteiger partial charge in [-0.2, -0.15) is 11.8 Å². The Morgan fingerprint density at radius 2 is 2.43 bits per heavy atom. The Labute approximate surface area is 89.9 Å². The lowest BCUT2D eigenvalue weighted by Gasteiger charge is -2.30. The number of amides is 1. The van der Waals surface area contributed by atoms with Crippen LogP contribution in [0, 0.1) is 0 Å². The van der Waals surface area contributed by atoms with Crippen molar-refractivity contribution < 1.29 is 9.90 Å². The van der Waals surface area contributed by atoms with Crippen LogP contribution in [0.3, 0.4) is 0 Å². The summed E-state index contributed by atoms with van der Waals surface area (Å²) < 4.78 is 0. The van der Waals surface area contributed by atoms with E-state index >= 15 is 0 Å². The van der Waals surface area contributed by atoms with Crippen molar-refractivity contribution in [3.8, 4) is 0 Å². The van der Waals surface area contributed by atoms with E-state index in [9.17, 15) is 4.79 Å². The van der Waals surface area contributed by atoms with E-state index in [4.69, 9.17) is 5.11 Å². The molecule has 1 aliphatic rings. The first-order chi connectivity index (χ1) is 6.59. The summed E-state index contributed by atoms with van der Waals surface area (Å²) in [5.74, 6) is 1.24. The number of aliphatic hydroxyl groups excluding tert-OH is 1. The van der Waals surface area contributed by atoms with E-state index in [1.165, 1.54) is 0 Å². The number of rotatable bonds is 3. The van der Waals surface area contributed by atoms with Crippen molar-refractivity contribution in [3.63, 3.8) is 0 Å². The molecule has 0 spiro atoms. The second-order valence-corrected chi connectivity index (χ2v) is 5.46. The minimum absolute atomic E-state index is 0.193. The monoisotopic (exact) mass is 217 g/mol. The van der Waals surface area contributed by atoms with Gasteiger partial charge in [0.2, 0.25) is 5.91 Å². The molecule has 1 heterocycles. The summed E-state index contributed by atoms with van der Waals surface area (Å²) in [5, 5.41) is 9.63. The predicted octanol–water partition coefficient (Wildman–Crippen LogP) is 1.11. The summed E-state index contributed by atoms with van der Waals surface area (Å²) >= 11 is 1.92. The van der Waals surface area contributed by atoms with Crippen molar-refractivity contribution >= 4 is 17.7 Å². The van der Waals surface area contributed by atoms with E-state index in [1.807, 2.05) is 16.7 Å². The number of carbonyl (C=O) groups is 1. The van der Waals surface area contributed by atoms with Crippen LogP contribution in [0.4, 0.5) is 0 Å². The van der Waals surface area contributed by atoms with Crippen molar-refractivity contribution in [2.24, 2.45) is 0 Å². The largest absolute Gasteiger partial charge is 0.393 e. The summed E-state index contributed by atoms with van der Waals surface area (Å²) in [7, 11) is 0. The molecule has 0 saturated carbocycles. The van der Waals surface area contributed by atoms with Crippen LogP contribution in [0.5, 0.6) is 0 Å². The second kappa shape index (κ2) is 5.61. The third-order valence-electron chi connectivity index (χ3n) is 2.37. The van der Waals surface area contributed by atoms with E-state index < -0.39 is 0 Å². The first-order valence-electron chi connectivity index (χ1n) is 5.17. The highest BCUT2D eigenvalue weighted by atomic mass is 32.2. The highest BCUT2D eigenvalue weighted by molar-refractivity contribution is 7.99. The molecule has 1 saturated heterocycles. The Morgan fingerprint density at radius 1 is 1.71 bits per heavy atom. The third-order valence-corrected chi connectivity index (χ3v) is 3.51. The SMILES string of the molecule is CC(O)CCC(=O)N1CCSC(C)C1. The molecule has 14 heavy (non-hydrogen) atoms. The molecule has 82 valence electrons. The average Bonchev–Trinajstić information content (AvgIpc) is 2.14. The average molecular weight is 217 g/mol. The maximum Gasteiger partial charge on any atom is 0.222 e. The molecule has 3 nitrogen and oxygen atoms in total. The number of thioether (sulfide) groups is 1. The Kier molecular flexibility index (Phi) is 4.75. The molecule has 1 amide bonds. The number of nitrogens with zero attached hydrogens (tertiary/aromatic N) is 1. The van der Waals surface area contributed by atoms with Crippen LogP contribution in [0.2, 0.25) is 0 Å². The molecule has 0 aliphatic carbocycles. The molecule has 2 unspecified atom stereocenters. The molecular weight excluding hydrogens is 198 g/mol. The molecule has 0 radical (unpaired) electrons. The van der Waals surface area contributed by atoms with Gasteiger partial charge in [0.15, 0.2) is 0 Å². The Hall–Kier alpha value is -0.220. The molecule has 1 rings (SSSR count). The van der Waals surface area contributed by atoms with Gasteiger partial charge in [-0.15, -0.1) is 0 Å². The molecule has 0 bridgehead atoms. The lowest BCUT2D eigenvalue weighted by atomic mass is 10.2. The standard InChI is InChI=1S/C10H19NO2S/c1-8(12)3-4-10(13)11-5-6-14-9(2)7-11/h8-9,12H,3-7H2,1-2H3. The van der Waals surface area contributed by atoms with E-state index in [0.717, 1.165) is 18.8 Å². The lowest BCUT2D eigenvalue weighted by Crippen LogP contribution is -2.41. The van der Waals surface area contributed by atoms with Gasteiger partial charge in [0.1, 0.15) is 0 Å². The van der Waals surface area contributed by atoms with Gasteiger partial charge >= 0.3 is 0 Å². The molecule has 1 aliphatic heterocycles. The number of hydrogen-bond acceptors (Lipinski definition) is 3. The fourth-order valence-electron chi connectivity index (χ4n) is 1.54. The van der Waals surface area contributed by atoms with Gasteiger partial charge in [-0.25, -0.2) is 0 Å². The van der Waals surface area contributed by atoms with E-state index in [2.05, 4.69) is 6.92 Å². The van der Waals surface area contributed by atoms with Crippen LogP contribution in [0.25, 0.3) is 0 Å². The molecule has 1 N–H and O–H groups in total. The van der Waals surface area contributed by atoms with Crippen LogP contribution in [-0.4, -0.2) is 46.1 Å². The zero-order valence-electron chi connectivity index (χ0n) is 8.90. The molecule has 2 atom stereocenters. The fourth-order valence-corrected chi connectivity index (χ4v) is 2.55. The molecule has 0 aromatic heterocycles. The highest BCUT2D eigenvalue weighted by Crippen LogP contribution is 2.18. The predicted molar refractivity (Wildman–Crippen MR) is 59.4 cm³/mol. The number of aliphatic hydroxyl groups is 1. The van der Waals surface area contributed by atoms with E-state index in [-0.39, 0.29) is 12.0 Å². The molecule has 4 heteroatoms. The molecule has 0 aromatic rings. The minimum atomic E-state index is -0.365. The van der Waals surface area contributed by atoms with Crippen molar-refractivity contribution in [1.82, 2.24) is 4.90 Å². The van der Waals surface area contributed by atoms with Crippen LogP contribution >= 0.6 is 11.8 Å². The van der Waals surface area contributed by atoms with Crippen molar-refractivity contribution in [2.75, 3.05) is 18.8 Å². The normalized spacial score (nSPS) is 24.8.